The summed E-state index contributed by atoms with van der Waals surface area (Å²) in [6, 6.07) is 12.3. The van der Waals surface area contributed by atoms with Crippen molar-refractivity contribution in [2.45, 2.75) is 11.7 Å². The summed E-state index contributed by atoms with van der Waals surface area (Å²) in [4.78, 5) is 11.9. The molecule has 0 saturated carbocycles. The molecule has 0 saturated heterocycles. The van der Waals surface area contributed by atoms with Gasteiger partial charge in [0.15, 0.2) is 5.82 Å². The summed E-state index contributed by atoms with van der Waals surface area (Å²) in [7, 11) is 0. The van der Waals surface area contributed by atoms with Gasteiger partial charge in [-0.1, -0.05) is 42.1 Å². The smallest absolute Gasteiger partial charge is 0.230 e. The van der Waals surface area contributed by atoms with Crippen molar-refractivity contribution in [1.29, 1.82) is 0 Å². The van der Waals surface area contributed by atoms with E-state index in [0.717, 1.165) is 16.4 Å². The first-order chi connectivity index (χ1) is 12.6. The quantitative estimate of drug-likeness (QED) is 0.510. The van der Waals surface area contributed by atoms with E-state index in [1.165, 1.54) is 18.2 Å². The highest BCUT2D eigenvalue weighted by atomic mass is 32.2. The lowest BCUT2D eigenvalue weighted by atomic mass is 10.2. The molecule has 0 spiro atoms. The molecule has 1 aromatic heterocycles. The third kappa shape index (κ3) is 3.99. The van der Waals surface area contributed by atoms with Crippen LogP contribution in [0.1, 0.15) is 5.56 Å². The Hall–Kier alpha value is -2.94. The first-order valence-electron chi connectivity index (χ1n) is 7.64. The van der Waals surface area contributed by atoms with Crippen LogP contribution < -0.4 is 11.2 Å². The van der Waals surface area contributed by atoms with Crippen LogP contribution in [-0.2, 0) is 11.3 Å². The second-order valence-corrected chi connectivity index (χ2v) is 6.26. The average molecular weight is 375 g/mol. The Kier molecular flexibility index (Phi) is 5.47. The van der Waals surface area contributed by atoms with Crippen molar-refractivity contribution in [3.63, 3.8) is 0 Å². The Morgan fingerprint density at radius 3 is 2.50 bits per heavy atom. The molecule has 0 bridgehead atoms. The van der Waals surface area contributed by atoms with Crippen molar-refractivity contribution in [3.8, 4) is 11.4 Å². The molecule has 2 aromatic carbocycles. The highest BCUT2D eigenvalue weighted by molar-refractivity contribution is 7.99. The topological polar surface area (TPSA) is 85.8 Å². The lowest BCUT2D eigenvalue weighted by molar-refractivity contribution is -0.118. The van der Waals surface area contributed by atoms with E-state index in [4.69, 9.17) is 5.84 Å². The van der Waals surface area contributed by atoms with Crippen molar-refractivity contribution in [3.05, 3.63) is 65.7 Å². The molecule has 9 heteroatoms. The Morgan fingerprint density at radius 1 is 1.08 bits per heavy atom. The minimum absolute atomic E-state index is 0.0149. The Morgan fingerprint density at radius 2 is 1.77 bits per heavy atom. The molecular weight excluding hydrogens is 360 g/mol. The van der Waals surface area contributed by atoms with E-state index in [2.05, 4.69) is 15.5 Å². The molecule has 1 amide bonds. The molecule has 0 aliphatic heterocycles. The maximum absolute atomic E-state index is 13.8. The molecular formula is C17H15F2N5OS. The van der Waals surface area contributed by atoms with E-state index in [-0.39, 0.29) is 40.6 Å². The summed E-state index contributed by atoms with van der Waals surface area (Å²) < 4.78 is 28.5. The van der Waals surface area contributed by atoms with Crippen LogP contribution in [0.2, 0.25) is 0 Å². The van der Waals surface area contributed by atoms with Gasteiger partial charge >= 0.3 is 0 Å². The van der Waals surface area contributed by atoms with Gasteiger partial charge in [0.2, 0.25) is 11.1 Å². The molecule has 3 aromatic rings. The number of nitrogen functional groups attached to an aromatic ring is 1. The molecule has 3 rings (SSSR count). The Bertz CT molecular complexity index is 931. The van der Waals surface area contributed by atoms with Gasteiger partial charge in [0.25, 0.3) is 0 Å². The number of thioether (sulfide) groups is 1. The summed E-state index contributed by atoms with van der Waals surface area (Å²) in [5.74, 6) is 4.92. The number of amides is 1. The standard InChI is InChI=1S/C17H15F2N5OS/c18-13-7-3-1-5-11(13)9-21-15(25)10-26-17-23-22-16(24(17)20)12-6-2-4-8-14(12)19/h1-8H,9-10,20H2,(H,21,25). The number of carbonyl (C=O) groups is 1. The van der Waals surface area contributed by atoms with Crippen molar-refractivity contribution in [1.82, 2.24) is 20.2 Å². The fourth-order valence-electron chi connectivity index (χ4n) is 2.22. The van der Waals surface area contributed by atoms with Gasteiger partial charge in [-0.3, -0.25) is 4.79 Å². The number of hydrogen-bond acceptors (Lipinski definition) is 5. The largest absolute Gasteiger partial charge is 0.351 e. The molecule has 3 N–H and O–H groups in total. The predicted octanol–water partition coefficient (Wildman–Crippen LogP) is 2.35. The molecule has 134 valence electrons. The molecule has 0 aliphatic rings. The number of carbonyl (C=O) groups excluding carboxylic acids is 1. The van der Waals surface area contributed by atoms with E-state index < -0.39 is 5.82 Å². The lowest BCUT2D eigenvalue weighted by Gasteiger charge is -2.06. The molecule has 0 aliphatic carbocycles. The number of aromatic nitrogens is 3. The molecule has 26 heavy (non-hydrogen) atoms. The average Bonchev–Trinajstić information content (AvgIpc) is 3.00. The van der Waals surface area contributed by atoms with E-state index in [9.17, 15) is 13.6 Å². The lowest BCUT2D eigenvalue weighted by Crippen LogP contribution is -2.25. The molecule has 0 unspecified atom stereocenters. The Balaban J connectivity index is 1.59. The second kappa shape index (κ2) is 7.96. The van der Waals surface area contributed by atoms with Gasteiger partial charge in [0, 0.05) is 12.1 Å². The van der Waals surface area contributed by atoms with E-state index in [0.29, 0.717) is 5.56 Å². The second-order valence-electron chi connectivity index (χ2n) is 5.31. The molecule has 0 fully saturated rings. The Labute approximate surface area is 152 Å². The van der Waals surface area contributed by atoms with Gasteiger partial charge < -0.3 is 11.2 Å². The normalized spacial score (nSPS) is 10.7. The van der Waals surface area contributed by atoms with Gasteiger partial charge in [-0.25, -0.2) is 13.5 Å². The van der Waals surface area contributed by atoms with Gasteiger partial charge in [-0.05, 0) is 18.2 Å². The fourth-order valence-corrected chi connectivity index (χ4v) is 2.90. The number of hydrogen-bond donors (Lipinski definition) is 2. The van der Waals surface area contributed by atoms with Crippen LogP contribution in [0.4, 0.5) is 8.78 Å². The van der Waals surface area contributed by atoms with Gasteiger partial charge in [-0.2, -0.15) is 0 Å². The SMILES string of the molecule is Nn1c(SCC(=O)NCc2ccccc2F)nnc1-c1ccccc1F. The molecule has 0 radical (unpaired) electrons. The van der Waals surface area contributed by atoms with Crippen LogP contribution >= 0.6 is 11.8 Å². The number of halogens is 2. The van der Waals surface area contributed by atoms with Crippen molar-refractivity contribution in [2.75, 3.05) is 11.6 Å². The summed E-state index contributed by atoms with van der Waals surface area (Å²) in [5, 5.41) is 10.6. The minimum atomic E-state index is -0.467. The van der Waals surface area contributed by atoms with Crippen molar-refractivity contribution >= 4 is 17.7 Å². The summed E-state index contributed by atoms with van der Waals surface area (Å²) in [6.07, 6.45) is 0. The van der Waals surface area contributed by atoms with Crippen LogP contribution in [0.3, 0.4) is 0 Å². The monoisotopic (exact) mass is 375 g/mol. The predicted molar refractivity (Wildman–Crippen MR) is 94.5 cm³/mol. The van der Waals surface area contributed by atoms with Crippen LogP contribution in [0.25, 0.3) is 11.4 Å². The number of nitrogens with zero attached hydrogens (tertiary/aromatic N) is 3. The van der Waals surface area contributed by atoms with E-state index in [1.54, 1.807) is 30.3 Å². The first-order valence-corrected chi connectivity index (χ1v) is 8.63. The summed E-state index contributed by atoms with van der Waals surface area (Å²) in [6.45, 7) is 0.0852. The molecule has 6 nitrogen and oxygen atoms in total. The molecule has 0 atom stereocenters. The maximum atomic E-state index is 13.8. The van der Waals surface area contributed by atoms with Crippen molar-refractivity contribution in [2.24, 2.45) is 0 Å². The zero-order valence-electron chi connectivity index (χ0n) is 13.5. The highest BCUT2D eigenvalue weighted by Gasteiger charge is 2.16. The highest BCUT2D eigenvalue weighted by Crippen LogP contribution is 2.23. The number of benzene rings is 2. The van der Waals surface area contributed by atoms with Crippen molar-refractivity contribution < 1.29 is 13.6 Å². The van der Waals surface area contributed by atoms with Gasteiger partial charge in [0.05, 0.1) is 11.3 Å². The zero-order valence-corrected chi connectivity index (χ0v) is 14.3. The number of nitrogens with one attached hydrogen (secondary N) is 1. The first kappa shape index (κ1) is 17.9. The third-order valence-corrected chi connectivity index (χ3v) is 4.49. The van der Waals surface area contributed by atoms with Gasteiger partial charge in [0.1, 0.15) is 11.6 Å². The van der Waals surface area contributed by atoms with Crippen LogP contribution in [-0.4, -0.2) is 26.5 Å². The minimum Gasteiger partial charge on any atom is -0.351 e. The summed E-state index contributed by atoms with van der Waals surface area (Å²) >= 11 is 1.05. The maximum Gasteiger partial charge on any atom is 0.230 e. The van der Waals surface area contributed by atoms with Crippen LogP contribution in [0, 0.1) is 11.6 Å². The third-order valence-electron chi connectivity index (χ3n) is 3.55. The van der Waals surface area contributed by atoms with Crippen LogP contribution in [0.5, 0.6) is 0 Å². The number of rotatable bonds is 6. The summed E-state index contributed by atoms with van der Waals surface area (Å²) in [5.41, 5.74) is 0.619. The van der Waals surface area contributed by atoms with Gasteiger partial charge in [-0.15, -0.1) is 10.2 Å². The van der Waals surface area contributed by atoms with E-state index in [1.807, 2.05) is 0 Å². The number of nitrogens with two attached hydrogens (primary N) is 1. The molecule has 1 heterocycles. The van der Waals surface area contributed by atoms with E-state index >= 15 is 0 Å². The fraction of sp³-hybridized carbons (Fsp3) is 0.118. The van der Waals surface area contributed by atoms with Crippen LogP contribution in [0.15, 0.2) is 53.7 Å². The zero-order chi connectivity index (χ0) is 18.5.